The van der Waals surface area contributed by atoms with E-state index >= 15 is 0 Å². The Morgan fingerprint density at radius 3 is 2.47 bits per heavy atom. The molecule has 7 nitrogen and oxygen atoms in total. The van der Waals surface area contributed by atoms with Gasteiger partial charge in [0.15, 0.2) is 11.5 Å². The minimum Gasteiger partial charge on any atom is -0.493 e. The number of hydrogen-bond acceptors (Lipinski definition) is 7. The highest BCUT2D eigenvalue weighted by Gasteiger charge is 2.33. The summed E-state index contributed by atoms with van der Waals surface area (Å²) >= 11 is 6.67. The minimum atomic E-state index is -0.188. The van der Waals surface area contributed by atoms with Gasteiger partial charge in [0.1, 0.15) is 4.32 Å². The summed E-state index contributed by atoms with van der Waals surface area (Å²) in [5.74, 6) is 1.41. The maximum Gasteiger partial charge on any atom is 0.266 e. The number of piperidine rings is 1. The molecule has 1 atom stereocenters. The standard InChI is InChI=1S/C23H30N2O5S2/c1-5-16-8-6-7-10-24(16)20(26)9-11-25-22(27)19(32-23(25)31)14-15-12-17(28-2)21(30-4)18(13-15)29-3/h12-14,16H,5-11H2,1-4H3/b19-14-. The summed E-state index contributed by atoms with van der Waals surface area (Å²) in [5.41, 5.74) is 0.732. The number of benzene rings is 1. The van der Waals surface area contributed by atoms with Crippen molar-refractivity contribution in [2.45, 2.75) is 45.1 Å². The van der Waals surface area contributed by atoms with E-state index in [4.69, 9.17) is 26.4 Å². The van der Waals surface area contributed by atoms with Gasteiger partial charge in [-0.3, -0.25) is 14.5 Å². The number of thioether (sulfide) groups is 1. The predicted molar refractivity (Wildman–Crippen MR) is 130 cm³/mol. The van der Waals surface area contributed by atoms with Crippen LogP contribution in [0.5, 0.6) is 17.2 Å². The highest BCUT2D eigenvalue weighted by atomic mass is 32.2. The number of methoxy groups -OCH3 is 3. The molecule has 1 aromatic rings. The Morgan fingerprint density at radius 2 is 1.88 bits per heavy atom. The van der Waals surface area contributed by atoms with Crippen molar-refractivity contribution in [1.29, 1.82) is 0 Å². The van der Waals surface area contributed by atoms with Crippen LogP contribution in [-0.4, -0.2) is 66.4 Å². The third-order valence-corrected chi connectivity index (χ3v) is 7.20. The molecule has 3 rings (SSSR count). The predicted octanol–water partition coefficient (Wildman–Crippen LogP) is 4.09. The maximum atomic E-state index is 13.0. The summed E-state index contributed by atoms with van der Waals surface area (Å²) in [5, 5.41) is 0. The van der Waals surface area contributed by atoms with Crippen molar-refractivity contribution in [3.05, 3.63) is 22.6 Å². The Balaban J connectivity index is 1.72. The molecule has 9 heteroatoms. The van der Waals surface area contributed by atoms with E-state index in [0.717, 1.165) is 31.4 Å². The van der Waals surface area contributed by atoms with E-state index < -0.39 is 0 Å². The van der Waals surface area contributed by atoms with Gasteiger partial charge >= 0.3 is 0 Å². The van der Waals surface area contributed by atoms with Crippen molar-refractivity contribution in [2.24, 2.45) is 0 Å². The van der Waals surface area contributed by atoms with Crippen LogP contribution in [0.3, 0.4) is 0 Å². The van der Waals surface area contributed by atoms with Gasteiger partial charge in [-0.1, -0.05) is 30.9 Å². The lowest BCUT2D eigenvalue weighted by Crippen LogP contribution is -2.44. The van der Waals surface area contributed by atoms with Crippen LogP contribution in [0, 0.1) is 0 Å². The molecule has 0 aliphatic carbocycles. The van der Waals surface area contributed by atoms with Gasteiger partial charge in [-0.25, -0.2) is 0 Å². The Kier molecular flexibility index (Phi) is 8.42. The Bertz CT molecular complexity index is 893. The van der Waals surface area contributed by atoms with E-state index in [-0.39, 0.29) is 18.2 Å². The first-order valence-corrected chi connectivity index (χ1v) is 12.0. The molecule has 0 saturated carbocycles. The number of likely N-dealkylation sites (tertiary alicyclic amines) is 1. The van der Waals surface area contributed by atoms with E-state index in [0.29, 0.717) is 39.1 Å². The number of nitrogens with zero attached hydrogens (tertiary/aromatic N) is 2. The lowest BCUT2D eigenvalue weighted by molar-refractivity contribution is -0.135. The van der Waals surface area contributed by atoms with Crippen LogP contribution in [0.15, 0.2) is 17.0 Å². The normalized spacial score (nSPS) is 20.1. The first kappa shape index (κ1) is 24.4. The Morgan fingerprint density at radius 1 is 1.19 bits per heavy atom. The third-order valence-electron chi connectivity index (χ3n) is 5.83. The van der Waals surface area contributed by atoms with E-state index in [9.17, 15) is 9.59 Å². The maximum absolute atomic E-state index is 13.0. The van der Waals surface area contributed by atoms with E-state index in [1.54, 1.807) is 39.5 Å². The molecule has 2 fully saturated rings. The summed E-state index contributed by atoms with van der Waals surface area (Å²) in [6.07, 6.45) is 6.26. The molecule has 0 N–H and O–H groups in total. The third kappa shape index (κ3) is 5.20. The fourth-order valence-corrected chi connectivity index (χ4v) is 5.44. The van der Waals surface area contributed by atoms with Gasteiger partial charge in [0.25, 0.3) is 5.91 Å². The molecular weight excluding hydrogens is 448 g/mol. The molecule has 2 amide bonds. The van der Waals surface area contributed by atoms with Gasteiger partial charge < -0.3 is 19.1 Å². The van der Waals surface area contributed by atoms with Crippen LogP contribution in [0.25, 0.3) is 6.08 Å². The van der Waals surface area contributed by atoms with Crippen molar-refractivity contribution in [3.8, 4) is 17.2 Å². The van der Waals surface area contributed by atoms with Crippen molar-refractivity contribution >= 4 is 46.2 Å². The Hall–Kier alpha value is -2.26. The fourth-order valence-electron chi connectivity index (χ4n) is 4.13. The van der Waals surface area contributed by atoms with Crippen molar-refractivity contribution in [2.75, 3.05) is 34.4 Å². The van der Waals surface area contributed by atoms with Crippen molar-refractivity contribution in [3.63, 3.8) is 0 Å². The fraction of sp³-hybridized carbons (Fsp3) is 0.522. The molecule has 0 aromatic heterocycles. The van der Waals surface area contributed by atoms with E-state index in [1.165, 1.54) is 23.1 Å². The molecule has 0 radical (unpaired) electrons. The van der Waals surface area contributed by atoms with Gasteiger partial charge in [-0.2, -0.15) is 0 Å². The number of carbonyl (C=O) groups excluding carboxylic acids is 2. The molecule has 2 heterocycles. The average Bonchev–Trinajstić information content (AvgIpc) is 3.08. The van der Waals surface area contributed by atoms with Crippen LogP contribution in [-0.2, 0) is 9.59 Å². The number of hydrogen-bond donors (Lipinski definition) is 0. The lowest BCUT2D eigenvalue weighted by Gasteiger charge is -2.35. The summed E-state index contributed by atoms with van der Waals surface area (Å²) < 4.78 is 16.6. The molecule has 1 unspecified atom stereocenters. The minimum absolute atomic E-state index is 0.0965. The summed E-state index contributed by atoms with van der Waals surface area (Å²) in [4.78, 5) is 29.8. The summed E-state index contributed by atoms with van der Waals surface area (Å²) in [6.45, 7) is 3.21. The monoisotopic (exact) mass is 478 g/mol. The zero-order chi connectivity index (χ0) is 23.3. The van der Waals surface area contributed by atoms with Crippen LogP contribution >= 0.6 is 24.0 Å². The highest BCUT2D eigenvalue weighted by Crippen LogP contribution is 2.40. The molecular formula is C23H30N2O5S2. The number of rotatable bonds is 8. The zero-order valence-electron chi connectivity index (χ0n) is 19.0. The van der Waals surface area contributed by atoms with Gasteiger partial charge in [-0.15, -0.1) is 0 Å². The summed E-state index contributed by atoms with van der Waals surface area (Å²) in [6, 6.07) is 3.86. The SMILES string of the molecule is CCC1CCCCN1C(=O)CCN1C(=O)/C(=C/c2cc(OC)c(OC)c(OC)c2)SC1=S. The van der Waals surface area contributed by atoms with Crippen LogP contribution < -0.4 is 14.2 Å². The second-order valence-electron chi connectivity index (χ2n) is 7.69. The van der Waals surface area contributed by atoms with E-state index in [2.05, 4.69) is 6.92 Å². The van der Waals surface area contributed by atoms with Gasteiger partial charge in [0, 0.05) is 25.6 Å². The molecule has 32 heavy (non-hydrogen) atoms. The number of ether oxygens (including phenoxy) is 3. The average molecular weight is 479 g/mol. The molecule has 2 saturated heterocycles. The largest absolute Gasteiger partial charge is 0.493 e. The topological polar surface area (TPSA) is 68.3 Å². The van der Waals surface area contributed by atoms with Crippen molar-refractivity contribution in [1.82, 2.24) is 9.80 Å². The number of thiocarbonyl (C=S) groups is 1. The molecule has 0 spiro atoms. The van der Waals surface area contributed by atoms with Crippen molar-refractivity contribution < 1.29 is 23.8 Å². The van der Waals surface area contributed by atoms with E-state index in [1.807, 2.05) is 4.90 Å². The second kappa shape index (κ2) is 11.0. The smallest absolute Gasteiger partial charge is 0.266 e. The van der Waals surface area contributed by atoms with Gasteiger partial charge in [0.05, 0.1) is 26.2 Å². The van der Waals surface area contributed by atoms with Gasteiger partial charge in [-0.05, 0) is 49.5 Å². The van der Waals surface area contributed by atoms with Gasteiger partial charge in [0.2, 0.25) is 11.7 Å². The first-order valence-electron chi connectivity index (χ1n) is 10.8. The van der Waals surface area contributed by atoms with Crippen LogP contribution in [0.1, 0.15) is 44.6 Å². The quantitative estimate of drug-likeness (QED) is 0.412. The number of amides is 2. The molecule has 2 aliphatic heterocycles. The first-order chi connectivity index (χ1) is 15.4. The molecule has 0 bridgehead atoms. The van der Waals surface area contributed by atoms with Crippen LogP contribution in [0.2, 0.25) is 0 Å². The molecule has 1 aromatic carbocycles. The molecule has 174 valence electrons. The van der Waals surface area contributed by atoms with Crippen LogP contribution in [0.4, 0.5) is 0 Å². The number of carbonyl (C=O) groups is 2. The second-order valence-corrected chi connectivity index (χ2v) is 9.36. The summed E-state index contributed by atoms with van der Waals surface area (Å²) in [7, 11) is 4.63. The molecule has 2 aliphatic rings. The lowest BCUT2D eigenvalue weighted by atomic mass is 9.99. The Labute approximate surface area is 199 Å². The zero-order valence-corrected chi connectivity index (χ0v) is 20.6. The highest BCUT2D eigenvalue weighted by molar-refractivity contribution is 8.26.